The zero-order valence-electron chi connectivity index (χ0n) is 17.0. The van der Waals surface area contributed by atoms with E-state index in [1.54, 1.807) is 0 Å². The van der Waals surface area contributed by atoms with Gasteiger partial charge in [-0.2, -0.15) is 30.0 Å². The van der Waals surface area contributed by atoms with Crippen molar-refractivity contribution >= 4 is 31.1 Å². The number of aliphatic hydroxyl groups excluding tert-OH is 5. The van der Waals surface area contributed by atoms with E-state index < -0.39 is 106 Å². The fraction of sp³-hybridized carbons (Fsp3) is 1.00. The number of hydrogen-bond donors (Lipinski definition) is 9. The monoisotopic (exact) mass is 581 g/mol. The summed E-state index contributed by atoms with van der Waals surface area (Å²) in [5.41, 5.74) is 0. The van der Waals surface area contributed by atoms with Gasteiger partial charge in [-0.15, -0.1) is 0 Å². The number of rotatable bonds is 10. The first-order valence-electron chi connectivity index (χ1n) is 9.14. The molecule has 10 atom stereocenters. The van der Waals surface area contributed by atoms with Gasteiger partial charge in [-0.05, 0) is 0 Å². The average molecular weight is 582 g/mol. The van der Waals surface area contributed by atoms with Crippen molar-refractivity contribution in [2.75, 3.05) is 13.2 Å². The number of nitrogens with one attached hydrogen (secondary N) is 1. The Morgan fingerprint density at radius 3 is 1.86 bits per heavy atom. The molecule has 0 spiro atoms. The largest absolute Gasteiger partial charge is 0.397 e. The highest BCUT2D eigenvalue weighted by molar-refractivity contribution is 7.83. The fourth-order valence-corrected chi connectivity index (χ4v) is 4.65. The van der Waals surface area contributed by atoms with Gasteiger partial charge in [0, 0.05) is 0 Å². The lowest BCUT2D eigenvalue weighted by Gasteiger charge is -2.46. The first kappa shape index (κ1) is 30.5. The number of aliphatic hydroxyl groups is 5. The molecule has 208 valence electrons. The van der Waals surface area contributed by atoms with Crippen LogP contribution in [0.3, 0.4) is 0 Å². The number of ether oxygens (including phenoxy) is 3. The third-order valence-corrected chi connectivity index (χ3v) is 6.18. The maximum atomic E-state index is 11.3. The van der Waals surface area contributed by atoms with Crippen LogP contribution in [0.2, 0.25) is 0 Å². The van der Waals surface area contributed by atoms with E-state index in [0.29, 0.717) is 0 Å². The van der Waals surface area contributed by atoms with Gasteiger partial charge in [0.15, 0.2) is 18.7 Å². The maximum absolute atomic E-state index is 11.3. The molecular formula is C12H23NO19S3. The zero-order chi connectivity index (χ0) is 26.9. The molecule has 0 unspecified atom stereocenters. The highest BCUT2D eigenvalue weighted by atomic mass is 32.3. The van der Waals surface area contributed by atoms with E-state index >= 15 is 0 Å². The predicted molar refractivity (Wildman–Crippen MR) is 102 cm³/mol. The van der Waals surface area contributed by atoms with Crippen LogP contribution >= 0.6 is 0 Å². The van der Waals surface area contributed by atoms with Crippen molar-refractivity contribution in [2.45, 2.75) is 61.3 Å². The average Bonchev–Trinajstić information content (AvgIpc) is 2.69. The summed E-state index contributed by atoms with van der Waals surface area (Å²) in [5, 5.41) is 50.2. The fourth-order valence-electron chi connectivity index (χ4n) is 3.26. The van der Waals surface area contributed by atoms with Gasteiger partial charge in [-0.3, -0.25) is 13.7 Å². The van der Waals surface area contributed by atoms with Crippen LogP contribution in [0.5, 0.6) is 0 Å². The van der Waals surface area contributed by atoms with Gasteiger partial charge in [0.25, 0.3) is 0 Å². The lowest BCUT2D eigenvalue weighted by atomic mass is 9.96. The molecule has 23 heteroatoms. The van der Waals surface area contributed by atoms with Gasteiger partial charge in [-0.25, -0.2) is 8.37 Å². The Hall–Kier alpha value is -0.710. The van der Waals surface area contributed by atoms with E-state index in [2.05, 4.69) is 8.37 Å². The normalized spacial score (nSPS) is 39.4. The van der Waals surface area contributed by atoms with Gasteiger partial charge >= 0.3 is 31.1 Å². The summed E-state index contributed by atoms with van der Waals surface area (Å²) in [4.78, 5) is 0. The van der Waals surface area contributed by atoms with E-state index in [-0.39, 0.29) is 0 Å². The van der Waals surface area contributed by atoms with Crippen LogP contribution in [0.25, 0.3) is 0 Å². The first-order valence-corrected chi connectivity index (χ1v) is 13.3. The van der Waals surface area contributed by atoms with Gasteiger partial charge in [0.2, 0.25) is 0 Å². The van der Waals surface area contributed by atoms with Crippen LogP contribution in [-0.2, 0) is 53.7 Å². The molecular weight excluding hydrogens is 558 g/mol. The van der Waals surface area contributed by atoms with Gasteiger partial charge < -0.3 is 39.7 Å². The minimum absolute atomic E-state index is 1.04. The molecule has 2 heterocycles. The van der Waals surface area contributed by atoms with E-state index in [1.807, 2.05) is 0 Å². The molecule has 0 bridgehead atoms. The van der Waals surface area contributed by atoms with Crippen molar-refractivity contribution in [1.29, 1.82) is 0 Å². The molecule has 2 fully saturated rings. The molecule has 0 aliphatic carbocycles. The standard InChI is InChI=1S/C12H23NO19S3/c14-1-3-9(8(17)10(11(18)29-3)32-35(25,26)27)31-12-5(13-33(19,20)21)7(16)6(15)4(30-12)2-28-34(22,23)24/h3-18H,1-2H2,(H,19,20,21)(H,22,23,24)(H,25,26,27)/t3-,4-,5+,6-,7-,8+,9-,10-,11+,12+/m1/s1. The van der Waals surface area contributed by atoms with E-state index in [0.717, 1.165) is 0 Å². The van der Waals surface area contributed by atoms with Crippen LogP contribution in [-0.4, -0.2) is 139 Å². The highest BCUT2D eigenvalue weighted by Gasteiger charge is 2.53. The van der Waals surface area contributed by atoms with Gasteiger partial charge in [-0.1, -0.05) is 0 Å². The minimum atomic E-state index is -5.30. The maximum Gasteiger partial charge on any atom is 0.397 e. The molecule has 2 saturated heterocycles. The molecule has 0 saturated carbocycles. The molecule has 0 radical (unpaired) electrons. The van der Waals surface area contributed by atoms with Crippen molar-refractivity contribution in [2.24, 2.45) is 0 Å². The number of hydrogen-bond acceptors (Lipinski definition) is 16. The Bertz CT molecular complexity index is 1030. The van der Waals surface area contributed by atoms with Crippen molar-refractivity contribution < 1.29 is 87.0 Å². The zero-order valence-corrected chi connectivity index (χ0v) is 19.4. The van der Waals surface area contributed by atoms with Crippen LogP contribution in [0.15, 0.2) is 0 Å². The summed E-state index contributed by atoms with van der Waals surface area (Å²) in [5.74, 6) is 0. The summed E-state index contributed by atoms with van der Waals surface area (Å²) in [6.07, 6.45) is -18.9. The van der Waals surface area contributed by atoms with Crippen LogP contribution in [0.4, 0.5) is 0 Å². The molecule has 0 aromatic heterocycles. The lowest BCUT2D eigenvalue weighted by Crippen LogP contribution is -2.68. The molecule has 20 nitrogen and oxygen atoms in total. The van der Waals surface area contributed by atoms with E-state index in [4.69, 9.17) is 27.9 Å². The Kier molecular flexibility index (Phi) is 9.90. The first-order chi connectivity index (χ1) is 15.8. The summed E-state index contributed by atoms with van der Waals surface area (Å²) < 4.78 is 118. The summed E-state index contributed by atoms with van der Waals surface area (Å²) >= 11 is 0. The molecule has 35 heavy (non-hydrogen) atoms. The Morgan fingerprint density at radius 1 is 0.771 bits per heavy atom. The Morgan fingerprint density at radius 2 is 1.37 bits per heavy atom. The van der Waals surface area contributed by atoms with Crippen LogP contribution in [0, 0.1) is 0 Å². The molecule has 0 aromatic carbocycles. The molecule has 9 N–H and O–H groups in total. The molecule has 0 amide bonds. The SMILES string of the molecule is O=S(=O)(O)N[C@@H]1[C@H](O[C@H]2[C@H](O)[C@@H](OS(=O)(=O)O)[C@@H](O)O[C@@H]2CO)O[C@H](COS(=O)(=O)O)[C@@H](O)[C@@H]1O. The Labute approximate surface area is 197 Å². The van der Waals surface area contributed by atoms with E-state index in [1.165, 1.54) is 4.72 Å². The summed E-state index contributed by atoms with van der Waals surface area (Å²) in [6.45, 7) is -2.21. The second-order valence-corrected chi connectivity index (χ2v) is 10.5. The molecule has 0 aromatic rings. The lowest BCUT2D eigenvalue weighted by molar-refractivity contribution is -0.337. The third kappa shape index (κ3) is 8.68. The van der Waals surface area contributed by atoms with Crippen molar-refractivity contribution in [3.05, 3.63) is 0 Å². The van der Waals surface area contributed by atoms with Crippen LogP contribution in [0.1, 0.15) is 0 Å². The van der Waals surface area contributed by atoms with E-state index in [9.17, 15) is 50.8 Å². The smallest absolute Gasteiger partial charge is 0.394 e. The third-order valence-electron chi connectivity index (χ3n) is 4.71. The van der Waals surface area contributed by atoms with Gasteiger partial charge in [0.1, 0.15) is 42.7 Å². The van der Waals surface area contributed by atoms with Gasteiger partial charge in [0.05, 0.1) is 13.2 Å². The van der Waals surface area contributed by atoms with Crippen molar-refractivity contribution in [3.8, 4) is 0 Å². The molecule has 2 aliphatic heterocycles. The summed E-state index contributed by atoms with van der Waals surface area (Å²) in [6, 6.07) is -2.11. The van der Waals surface area contributed by atoms with Crippen molar-refractivity contribution in [3.63, 3.8) is 0 Å². The Balaban J connectivity index is 2.37. The quantitative estimate of drug-likeness (QED) is 0.108. The predicted octanol–water partition coefficient (Wildman–Crippen LogP) is -6.34. The molecule has 2 rings (SSSR count). The molecule has 2 aliphatic rings. The highest BCUT2D eigenvalue weighted by Crippen LogP contribution is 2.30. The second-order valence-electron chi connectivity index (χ2n) is 7.18. The topological polar surface area (TPSA) is 322 Å². The van der Waals surface area contributed by atoms with Crippen LogP contribution < -0.4 is 4.72 Å². The van der Waals surface area contributed by atoms with Crippen molar-refractivity contribution in [1.82, 2.24) is 4.72 Å². The minimum Gasteiger partial charge on any atom is -0.394 e. The summed E-state index contributed by atoms with van der Waals surface area (Å²) in [7, 11) is -15.5. The second kappa shape index (κ2) is 11.4.